The minimum atomic E-state index is 0.524. The highest BCUT2D eigenvalue weighted by Crippen LogP contribution is 2.44. The van der Waals surface area contributed by atoms with E-state index in [0.717, 1.165) is 38.9 Å². The molecule has 0 radical (unpaired) electrons. The molecule has 7 heteroatoms. The van der Waals surface area contributed by atoms with E-state index in [4.69, 9.17) is 29.9 Å². The number of nitrogens with zero attached hydrogens (tertiary/aromatic N) is 6. The molecule has 0 aliphatic carbocycles. The molecule has 61 heavy (non-hydrogen) atoms. The average molecular weight is 799 g/mol. The zero-order valence-electron chi connectivity index (χ0n) is 32.7. The zero-order chi connectivity index (χ0) is 40.5. The van der Waals surface area contributed by atoms with Crippen molar-refractivity contribution in [2.75, 3.05) is 0 Å². The highest BCUT2D eigenvalue weighted by molar-refractivity contribution is 7.26. The van der Waals surface area contributed by atoms with Gasteiger partial charge in [-0.2, -0.15) is 0 Å². The van der Waals surface area contributed by atoms with Gasteiger partial charge >= 0.3 is 0 Å². The maximum absolute atomic E-state index is 5.18. The Labute approximate surface area is 356 Å². The van der Waals surface area contributed by atoms with Crippen LogP contribution in [0.5, 0.6) is 0 Å². The first-order valence-electron chi connectivity index (χ1n) is 20.1. The second kappa shape index (κ2) is 15.6. The minimum absolute atomic E-state index is 0.524. The largest absolute Gasteiger partial charge is 0.208 e. The van der Waals surface area contributed by atoms with Gasteiger partial charge < -0.3 is 0 Å². The molecule has 0 aliphatic rings. The van der Waals surface area contributed by atoms with E-state index in [1.54, 1.807) is 0 Å². The van der Waals surface area contributed by atoms with Crippen molar-refractivity contribution in [3.63, 3.8) is 0 Å². The van der Waals surface area contributed by atoms with Crippen LogP contribution in [0.25, 0.3) is 111 Å². The van der Waals surface area contributed by atoms with Gasteiger partial charge in [0, 0.05) is 53.6 Å². The third-order valence-electron chi connectivity index (χ3n) is 10.8. The van der Waals surface area contributed by atoms with Crippen molar-refractivity contribution in [2.45, 2.75) is 0 Å². The molecule has 0 spiro atoms. The van der Waals surface area contributed by atoms with Crippen LogP contribution in [0.3, 0.4) is 0 Å². The van der Waals surface area contributed by atoms with E-state index in [1.807, 2.05) is 127 Å². The smallest absolute Gasteiger partial charge is 0.164 e. The molecule has 0 saturated carbocycles. The summed E-state index contributed by atoms with van der Waals surface area (Å²) in [6, 6.07) is 70.5. The summed E-state index contributed by atoms with van der Waals surface area (Å²) in [6.45, 7) is 0. The Kier molecular flexibility index (Phi) is 9.26. The van der Waals surface area contributed by atoms with Gasteiger partial charge in [0.25, 0.3) is 0 Å². The molecule has 0 amide bonds. The number of benzene rings is 8. The standard InChI is InChI=1S/C54H34N6S/c1-5-17-35(18-6-1)41-27-16-30-46-47(41)45-29-15-28-42(48(45)61-46)36-31-33-40(34-32-36)52-56-51(39-23-11-4-12-24-39)59-54(60-52)44-26-14-13-25-43(44)53-57-49(37-19-7-2-8-20-37)55-50(58-53)38-21-9-3-10-22-38/h1-34H. The van der Waals surface area contributed by atoms with Crippen LogP contribution < -0.4 is 0 Å². The molecule has 11 aromatic rings. The van der Waals surface area contributed by atoms with Gasteiger partial charge in [0.05, 0.1) is 0 Å². The van der Waals surface area contributed by atoms with Gasteiger partial charge in [-0.3, -0.25) is 0 Å². The number of hydrogen-bond donors (Lipinski definition) is 0. The molecule has 286 valence electrons. The number of hydrogen-bond acceptors (Lipinski definition) is 7. The quantitative estimate of drug-likeness (QED) is 0.152. The van der Waals surface area contributed by atoms with Gasteiger partial charge in [-0.25, -0.2) is 29.9 Å². The molecule has 11 rings (SSSR count). The van der Waals surface area contributed by atoms with Crippen molar-refractivity contribution in [2.24, 2.45) is 0 Å². The van der Waals surface area contributed by atoms with E-state index in [9.17, 15) is 0 Å². The first-order valence-corrected chi connectivity index (χ1v) is 20.9. The third kappa shape index (κ3) is 6.93. The summed E-state index contributed by atoms with van der Waals surface area (Å²) in [4.78, 5) is 30.4. The van der Waals surface area contributed by atoms with Crippen LogP contribution in [0.2, 0.25) is 0 Å². The van der Waals surface area contributed by atoms with E-state index in [1.165, 1.54) is 36.9 Å². The van der Waals surface area contributed by atoms with Gasteiger partial charge in [-0.05, 0) is 28.3 Å². The first-order chi connectivity index (χ1) is 30.2. The molecule has 0 saturated heterocycles. The van der Waals surface area contributed by atoms with E-state index in [0.29, 0.717) is 34.9 Å². The van der Waals surface area contributed by atoms with E-state index < -0.39 is 0 Å². The zero-order valence-corrected chi connectivity index (χ0v) is 33.5. The fraction of sp³-hybridized carbons (Fsp3) is 0. The molecule has 0 atom stereocenters. The fourth-order valence-corrected chi connectivity index (χ4v) is 9.14. The SMILES string of the molecule is c1ccc(-c2nc(-c3ccccc3)nc(-c3ccccc3-c3nc(-c4ccccc4)nc(-c4ccc(-c5cccc6c5sc5cccc(-c7ccccc7)c56)cc4)n3)n2)cc1. The lowest BCUT2D eigenvalue weighted by atomic mass is 9.97. The van der Waals surface area contributed by atoms with Gasteiger partial charge in [-0.15, -0.1) is 11.3 Å². The Morgan fingerprint density at radius 2 is 0.590 bits per heavy atom. The molecule has 0 bridgehead atoms. The van der Waals surface area contributed by atoms with Crippen LogP contribution in [0.1, 0.15) is 0 Å². The Morgan fingerprint density at radius 3 is 1.08 bits per heavy atom. The number of aromatic nitrogens is 6. The average Bonchev–Trinajstić information content (AvgIpc) is 3.74. The van der Waals surface area contributed by atoms with E-state index in [-0.39, 0.29) is 0 Å². The van der Waals surface area contributed by atoms with Crippen LogP contribution in [0, 0.1) is 0 Å². The van der Waals surface area contributed by atoms with Crippen LogP contribution in [-0.4, -0.2) is 29.9 Å². The minimum Gasteiger partial charge on any atom is -0.208 e. The molecule has 8 aromatic carbocycles. The predicted molar refractivity (Wildman–Crippen MR) is 250 cm³/mol. The van der Waals surface area contributed by atoms with E-state index in [2.05, 4.69) is 91.0 Å². The molecule has 0 unspecified atom stereocenters. The predicted octanol–water partition coefficient (Wildman–Crippen LogP) is 13.8. The van der Waals surface area contributed by atoms with Crippen LogP contribution in [0.15, 0.2) is 206 Å². The summed E-state index contributed by atoms with van der Waals surface area (Å²) in [7, 11) is 0. The molecule has 3 heterocycles. The monoisotopic (exact) mass is 798 g/mol. The highest BCUT2D eigenvalue weighted by Gasteiger charge is 2.20. The fourth-order valence-electron chi connectivity index (χ4n) is 7.88. The Morgan fingerprint density at radius 1 is 0.246 bits per heavy atom. The van der Waals surface area contributed by atoms with Crippen molar-refractivity contribution >= 4 is 31.5 Å². The lowest BCUT2D eigenvalue weighted by Gasteiger charge is -2.13. The molecular formula is C54H34N6S. The molecule has 3 aromatic heterocycles. The maximum atomic E-state index is 5.18. The van der Waals surface area contributed by atoms with Gasteiger partial charge in [0.2, 0.25) is 0 Å². The Balaban J connectivity index is 1.03. The van der Waals surface area contributed by atoms with Crippen molar-refractivity contribution in [1.82, 2.24) is 29.9 Å². The molecule has 0 N–H and O–H groups in total. The normalized spacial score (nSPS) is 11.3. The van der Waals surface area contributed by atoms with Crippen molar-refractivity contribution in [3.05, 3.63) is 206 Å². The van der Waals surface area contributed by atoms with Crippen LogP contribution in [0.4, 0.5) is 0 Å². The van der Waals surface area contributed by atoms with E-state index >= 15 is 0 Å². The first kappa shape index (κ1) is 36.1. The van der Waals surface area contributed by atoms with Crippen molar-refractivity contribution in [3.8, 4) is 90.6 Å². The van der Waals surface area contributed by atoms with Gasteiger partial charge in [-0.1, -0.05) is 200 Å². The van der Waals surface area contributed by atoms with Crippen LogP contribution in [-0.2, 0) is 0 Å². The number of thiophene rings is 1. The Bertz CT molecular complexity index is 3280. The summed E-state index contributed by atoms with van der Waals surface area (Å²) in [5.74, 6) is 3.38. The Hall–Kier alpha value is -8.00. The summed E-state index contributed by atoms with van der Waals surface area (Å²) in [5, 5.41) is 2.56. The summed E-state index contributed by atoms with van der Waals surface area (Å²) in [5.41, 5.74) is 9.96. The number of fused-ring (bicyclic) bond motifs is 3. The lowest BCUT2D eigenvalue weighted by Crippen LogP contribution is -2.03. The summed E-state index contributed by atoms with van der Waals surface area (Å²) >= 11 is 1.84. The molecule has 0 fully saturated rings. The lowest BCUT2D eigenvalue weighted by molar-refractivity contribution is 1.06. The topological polar surface area (TPSA) is 77.3 Å². The molecule has 6 nitrogen and oxygen atoms in total. The molecule has 0 aliphatic heterocycles. The maximum Gasteiger partial charge on any atom is 0.164 e. The highest BCUT2D eigenvalue weighted by atomic mass is 32.1. The van der Waals surface area contributed by atoms with Gasteiger partial charge in [0.1, 0.15) is 0 Å². The second-order valence-corrected chi connectivity index (χ2v) is 15.7. The van der Waals surface area contributed by atoms with Crippen LogP contribution >= 0.6 is 11.3 Å². The van der Waals surface area contributed by atoms with Gasteiger partial charge in [0.15, 0.2) is 34.9 Å². The number of rotatable bonds is 8. The van der Waals surface area contributed by atoms with Crippen molar-refractivity contribution in [1.29, 1.82) is 0 Å². The molecular weight excluding hydrogens is 765 g/mol. The third-order valence-corrected chi connectivity index (χ3v) is 12.0. The second-order valence-electron chi connectivity index (χ2n) is 14.7. The summed E-state index contributed by atoms with van der Waals surface area (Å²) in [6.07, 6.45) is 0. The summed E-state index contributed by atoms with van der Waals surface area (Å²) < 4.78 is 2.54. The van der Waals surface area contributed by atoms with Crippen molar-refractivity contribution < 1.29 is 0 Å².